The van der Waals surface area contributed by atoms with Gasteiger partial charge in [0.05, 0.1) is 26.4 Å². The molecule has 0 spiro atoms. The number of terminal acetylenes is 2. The molecule has 64 heavy (non-hydrogen) atoms. The first-order valence-corrected chi connectivity index (χ1v) is 26.4. The Morgan fingerprint density at radius 1 is 0.438 bits per heavy atom. The molecule has 4 unspecified atom stereocenters. The highest BCUT2D eigenvalue weighted by Gasteiger charge is 2.38. The van der Waals surface area contributed by atoms with Crippen molar-refractivity contribution in [3.05, 3.63) is 46.5 Å². The van der Waals surface area contributed by atoms with E-state index >= 15 is 0 Å². The predicted molar refractivity (Wildman–Crippen MR) is 274 cm³/mol. The minimum atomic E-state index is 0.424. The average Bonchev–Trinajstić information content (AvgIpc) is 3.33. The molecule has 0 heterocycles. The summed E-state index contributed by atoms with van der Waals surface area (Å²) in [5.41, 5.74) is 4.69. The molecule has 0 N–H and O–H groups in total. The molecule has 4 aromatic rings. The van der Waals surface area contributed by atoms with Crippen molar-refractivity contribution >= 4 is 32.3 Å². The van der Waals surface area contributed by atoms with Gasteiger partial charge in [0.1, 0.15) is 0 Å². The van der Waals surface area contributed by atoms with Gasteiger partial charge in [-0.15, -0.1) is 12.8 Å². The van der Waals surface area contributed by atoms with Gasteiger partial charge in [-0.1, -0.05) is 144 Å². The Kier molecular flexibility index (Phi) is 18.9. The molecule has 1 saturated carbocycles. The van der Waals surface area contributed by atoms with Gasteiger partial charge in [-0.3, -0.25) is 0 Å². The molecule has 4 nitrogen and oxygen atoms in total. The molecule has 4 heteroatoms. The van der Waals surface area contributed by atoms with E-state index < -0.39 is 0 Å². The second-order valence-electron chi connectivity index (χ2n) is 19.8. The maximum Gasteiger partial charge on any atom is 0.161 e. The molecule has 348 valence electrons. The minimum absolute atomic E-state index is 0.424. The van der Waals surface area contributed by atoms with Crippen LogP contribution in [0, 0.1) is 48.4 Å². The molecule has 3 aliphatic rings. The van der Waals surface area contributed by atoms with Crippen molar-refractivity contribution in [1.82, 2.24) is 0 Å². The van der Waals surface area contributed by atoms with Crippen LogP contribution < -0.4 is 18.9 Å². The molecule has 0 saturated heterocycles. The highest BCUT2D eigenvalue weighted by Crippen LogP contribution is 2.56. The van der Waals surface area contributed by atoms with Crippen LogP contribution in [-0.4, -0.2) is 26.4 Å². The second kappa shape index (κ2) is 24.5. The Bertz CT molecular complexity index is 2050. The summed E-state index contributed by atoms with van der Waals surface area (Å²) in [5.74, 6) is 12.6. The Hall–Kier alpha value is -4.02. The summed E-state index contributed by atoms with van der Waals surface area (Å²) >= 11 is 0. The first kappa shape index (κ1) is 49.4. The van der Waals surface area contributed by atoms with Gasteiger partial charge >= 0.3 is 0 Å². The summed E-state index contributed by atoms with van der Waals surface area (Å²) < 4.78 is 27.9. The van der Waals surface area contributed by atoms with Crippen molar-refractivity contribution in [2.75, 3.05) is 26.4 Å². The van der Waals surface area contributed by atoms with Crippen LogP contribution in [0.15, 0.2) is 24.3 Å². The summed E-state index contributed by atoms with van der Waals surface area (Å²) in [6, 6.07) is 9.07. The van der Waals surface area contributed by atoms with E-state index in [1.54, 1.807) is 0 Å². The molecule has 0 aliphatic heterocycles. The third-order valence-electron chi connectivity index (χ3n) is 15.5. The van der Waals surface area contributed by atoms with Crippen LogP contribution in [0.2, 0.25) is 0 Å². The van der Waals surface area contributed by atoms with Gasteiger partial charge in [-0.2, -0.15) is 0 Å². The van der Waals surface area contributed by atoms with Crippen LogP contribution in [0.1, 0.15) is 218 Å². The quantitative estimate of drug-likeness (QED) is 0.0421. The maximum absolute atomic E-state index is 6.98. The zero-order valence-corrected chi connectivity index (χ0v) is 41.5. The summed E-state index contributed by atoms with van der Waals surface area (Å²) in [5, 5.41) is 6.50. The fraction of sp³-hybridized carbons (Fsp3) is 0.633. The number of unbranched alkanes of at least 4 members (excludes halogenated alkanes) is 4. The Morgan fingerprint density at radius 2 is 0.703 bits per heavy atom. The van der Waals surface area contributed by atoms with Gasteiger partial charge in [0.15, 0.2) is 23.0 Å². The molecule has 7 rings (SSSR count). The van der Waals surface area contributed by atoms with E-state index in [0.717, 1.165) is 118 Å². The number of fused-ring (bicyclic) bond motifs is 8. The Labute approximate surface area is 389 Å². The van der Waals surface area contributed by atoms with E-state index in [9.17, 15) is 0 Å². The van der Waals surface area contributed by atoms with Crippen molar-refractivity contribution in [2.24, 2.45) is 23.7 Å². The fourth-order valence-electron chi connectivity index (χ4n) is 11.0. The van der Waals surface area contributed by atoms with Crippen LogP contribution >= 0.6 is 0 Å². The minimum Gasteiger partial charge on any atom is -0.489 e. The summed E-state index contributed by atoms with van der Waals surface area (Å²) in [6.45, 7) is 20.9. The van der Waals surface area contributed by atoms with E-state index in [1.807, 2.05) is 0 Å². The van der Waals surface area contributed by atoms with Gasteiger partial charge in [0, 0.05) is 21.9 Å². The van der Waals surface area contributed by atoms with Crippen molar-refractivity contribution in [3.8, 4) is 47.7 Å². The average molecular weight is 869 g/mol. The van der Waals surface area contributed by atoms with Crippen LogP contribution in [0.3, 0.4) is 0 Å². The van der Waals surface area contributed by atoms with Crippen molar-refractivity contribution in [2.45, 2.75) is 196 Å². The van der Waals surface area contributed by atoms with E-state index in [0.29, 0.717) is 61.9 Å². The largest absolute Gasteiger partial charge is 0.489 e. The lowest BCUT2D eigenvalue weighted by Crippen LogP contribution is -2.24. The molecular weight excluding hydrogens is 785 g/mol. The third kappa shape index (κ3) is 11.1. The molecule has 4 atom stereocenters. The first-order chi connectivity index (χ1) is 31.3. The molecule has 1 fully saturated rings. The standard InChI is InChI=1S/C60H84O4/c1-11-21-25-41(15-5)37-61-53-33-49-50-34-54(62-38-42(16-6)26-22-12-2)56(64-40-44(18-8)28-24-14-4)36-52(50)60-48(20-10)58-46-31-29-45(30-32-46)57(58)47(19-9)59(60)51(49)35-55(53)63-39-43(17-7)27-23-13-3/h9-10,33-36,41-46H,11-18,21-32,37-40H2,1-8H3. The molecule has 0 radical (unpaired) electrons. The Morgan fingerprint density at radius 3 is 0.938 bits per heavy atom. The van der Waals surface area contributed by atoms with Gasteiger partial charge in [-0.05, 0) is 144 Å². The third-order valence-corrected chi connectivity index (χ3v) is 15.5. The van der Waals surface area contributed by atoms with E-state index in [-0.39, 0.29) is 0 Å². The topological polar surface area (TPSA) is 36.9 Å². The second-order valence-corrected chi connectivity index (χ2v) is 19.8. The molecule has 0 amide bonds. The molecular formula is C60H84O4. The lowest BCUT2D eigenvalue weighted by molar-refractivity contribution is 0.199. The van der Waals surface area contributed by atoms with Crippen molar-refractivity contribution < 1.29 is 18.9 Å². The van der Waals surface area contributed by atoms with Gasteiger partial charge in [0.2, 0.25) is 0 Å². The highest BCUT2D eigenvalue weighted by molar-refractivity contribution is 6.29. The van der Waals surface area contributed by atoms with Gasteiger partial charge in [-0.25, -0.2) is 0 Å². The fourth-order valence-corrected chi connectivity index (χ4v) is 11.0. The van der Waals surface area contributed by atoms with Crippen molar-refractivity contribution in [1.29, 1.82) is 0 Å². The van der Waals surface area contributed by atoms with Crippen LogP contribution in [0.25, 0.3) is 32.3 Å². The number of benzene rings is 4. The van der Waals surface area contributed by atoms with Crippen LogP contribution in [-0.2, 0) is 0 Å². The number of ether oxygens (including phenoxy) is 4. The maximum atomic E-state index is 6.98. The molecule has 0 aromatic heterocycles. The van der Waals surface area contributed by atoms with E-state index in [4.69, 9.17) is 31.8 Å². The van der Waals surface area contributed by atoms with Crippen LogP contribution in [0.5, 0.6) is 23.0 Å². The lowest BCUT2D eigenvalue weighted by Gasteiger charge is -2.40. The van der Waals surface area contributed by atoms with Crippen molar-refractivity contribution in [3.63, 3.8) is 0 Å². The summed E-state index contributed by atoms with van der Waals surface area (Å²) in [6.07, 6.45) is 36.7. The van der Waals surface area contributed by atoms with Gasteiger partial charge < -0.3 is 18.9 Å². The number of rotatable bonds is 28. The molecule has 4 aromatic carbocycles. The lowest BCUT2D eigenvalue weighted by atomic mass is 9.63. The molecule has 3 aliphatic carbocycles. The smallest absolute Gasteiger partial charge is 0.161 e. The predicted octanol–water partition coefficient (Wildman–Crippen LogP) is 17.2. The Balaban J connectivity index is 1.68. The highest BCUT2D eigenvalue weighted by atomic mass is 16.5. The summed E-state index contributed by atoms with van der Waals surface area (Å²) in [7, 11) is 0. The first-order valence-electron chi connectivity index (χ1n) is 26.4. The normalized spacial score (nSPS) is 17.5. The monoisotopic (exact) mass is 869 g/mol. The zero-order valence-electron chi connectivity index (χ0n) is 41.5. The number of hydrogen-bond donors (Lipinski definition) is 0. The van der Waals surface area contributed by atoms with E-state index in [1.165, 1.54) is 88.2 Å². The molecule has 2 bridgehead atoms. The SMILES string of the molecule is C#Cc1c2c(c(C#C)c3c4cc(OCC(CC)CCCC)c(OCC(CC)CCCC)cc4c4cc(OCC(CC)CCCC)c(OCC(CC)CCCC)cc4c13)C1CCC2CC1. The van der Waals surface area contributed by atoms with E-state index in [2.05, 4.69) is 91.5 Å². The van der Waals surface area contributed by atoms with Gasteiger partial charge in [0.25, 0.3) is 0 Å². The van der Waals surface area contributed by atoms with Crippen LogP contribution in [0.4, 0.5) is 0 Å². The summed E-state index contributed by atoms with van der Waals surface area (Å²) in [4.78, 5) is 0. The zero-order chi connectivity index (χ0) is 45.6. The number of hydrogen-bond acceptors (Lipinski definition) is 4.